The Labute approximate surface area is 102 Å². The number of ether oxygens (including phenoxy) is 1. The summed E-state index contributed by atoms with van der Waals surface area (Å²) in [4.78, 5) is 22.9. The van der Waals surface area contributed by atoms with E-state index in [1.54, 1.807) is 0 Å². The van der Waals surface area contributed by atoms with Gasteiger partial charge in [0.15, 0.2) is 0 Å². The first-order valence-electron chi connectivity index (χ1n) is 6.21. The minimum absolute atomic E-state index is 0.0833. The van der Waals surface area contributed by atoms with E-state index in [-0.39, 0.29) is 11.8 Å². The standard InChI is InChI=1S/C12H21NO4/c1-3-8(2)10(12(15)16)13-11(14)9-6-4-5-7-17-9/h8-10H,3-7H2,1-2H3,(H,13,14)(H,15,16)/t8-,9+,10+/m0/s1. The average molecular weight is 243 g/mol. The van der Waals surface area contributed by atoms with Crippen molar-refractivity contribution in [2.24, 2.45) is 5.92 Å². The number of amides is 1. The zero-order valence-corrected chi connectivity index (χ0v) is 10.4. The van der Waals surface area contributed by atoms with E-state index < -0.39 is 18.1 Å². The summed E-state index contributed by atoms with van der Waals surface area (Å²) in [5.74, 6) is -1.36. The van der Waals surface area contributed by atoms with Crippen LogP contribution in [0.5, 0.6) is 0 Å². The first-order chi connectivity index (χ1) is 8.06. The highest BCUT2D eigenvalue weighted by atomic mass is 16.5. The maximum atomic E-state index is 11.8. The van der Waals surface area contributed by atoms with Gasteiger partial charge < -0.3 is 15.2 Å². The van der Waals surface area contributed by atoms with Crippen LogP contribution in [0.2, 0.25) is 0 Å². The average Bonchev–Trinajstić information content (AvgIpc) is 2.35. The number of aliphatic carboxylic acids is 1. The van der Waals surface area contributed by atoms with Gasteiger partial charge in [-0.1, -0.05) is 20.3 Å². The molecule has 1 aliphatic rings. The number of hydrogen-bond donors (Lipinski definition) is 2. The van der Waals surface area contributed by atoms with E-state index in [9.17, 15) is 9.59 Å². The third kappa shape index (κ3) is 4.00. The first-order valence-corrected chi connectivity index (χ1v) is 6.21. The van der Waals surface area contributed by atoms with Gasteiger partial charge in [-0.2, -0.15) is 0 Å². The molecular formula is C12H21NO4. The summed E-state index contributed by atoms with van der Waals surface area (Å²) in [7, 11) is 0. The second kappa shape index (κ2) is 6.59. The fourth-order valence-electron chi connectivity index (χ4n) is 1.88. The molecule has 0 saturated carbocycles. The van der Waals surface area contributed by atoms with Crippen LogP contribution >= 0.6 is 0 Å². The Balaban J connectivity index is 2.53. The molecule has 1 heterocycles. The molecule has 1 aliphatic heterocycles. The first kappa shape index (κ1) is 14.0. The largest absolute Gasteiger partial charge is 0.480 e. The molecule has 0 aromatic rings. The molecule has 17 heavy (non-hydrogen) atoms. The van der Waals surface area contributed by atoms with Crippen molar-refractivity contribution in [3.8, 4) is 0 Å². The third-order valence-electron chi connectivity index (χ3n) is 3.25. The molecule has 1 rings (SSSR count). The molecule has 5 heteroatoms. The highest BCUT2D eigenvalue weighted by Gasteiger charge is 2.29. The van der Waals surface area contributed by atoms with Crippen molar-refractivity contribution in [2.75, 3.05) is 6.61 Å². The molecule has 1 fully saturated rings. The van der Waals surface area contributed by atoms with E-state index in [1.807, 2.05) is 13.8 Å². The lowest BCUT2D eigenvalue weighted by molar-refractivity contribution is -0.146. The molecule has 0 aromatic carbocycles. The van der Waals surface area contributed by atoms with Gasteiger partial charge in [0.2, 0.25) is 5.91 Å². The van der Waals surface area contributed by atoms with Crippen LogP contribution in [0.25, 0.3) is 0 Å². The Morgan fingerprint density at radius 3 is 2.65 bits per heavy atom. The third-order valence-corrected chi connectivity index (χ3v) is 3.25. The van der Waals surface area contributed by atoms with E-state index in [1.165, 1.54) is 0 Å². The number of carboxylic acid groups (broad SMARTS) is 1. The van der Waals surface area contributed by atoms with Crippen LogP contribution < -0.4 is 5.32 Å². The highest BCUT2D eigenvalue weighted by molar-refractivity contribution is 5.86. The Hall–Kier alpha value is -1.10. The summed E-state index contributed by atoms with van der Waals surface area (Å²) in [5, 5.41) is 11.6. The number of carboxylic acids is 1. The zero-order valence-electron chi connectivity index (χ0n) is 10.4. The number of carbonyl (C=O) groups is 2. The number of hydrogen-bond acceptors (Lipinski definition) is 3. The lowest BCUT2D eigenvalue weighted by atomic mass is 9.98. The monoisotopic (exact) mass is 243 g/mol. The van der Waals surface area contributed by atoms with Gasteiger partial charge in [-0.3, -0.25) is 4.79 Å². The smallest absolute Gasteiger partial charge is 0.326 e. The van der Waals surface area contributed by atoms with Gasteiger partial charge in [0.25, 0.3) is 0 Å². The number of rotatable bonds is 5. The Bertz CT molecular complexity index is 274. The second-order valence-electron chi connectivity index (χ2n) is 4.57. The van der Waals surface area contributed by atoms with Crippen LogP contribution in [0.15, 0.2) is 0 Å². The summed E-state index contributed by atoms with van der Waals surface area (Å²) in [6.07, 6.45) is 2.84. The minimum atomic E-state index is -0.983. The van der Waals surface area contributed by atoms with Crippen molar-refractivity contribution in [1.82, 2.24) is 5.32 Å². The molecule has 1 saturated heterocycles. The quantitative estimate of drug-likeness (QED) is 0.760. The van der Waals surface area contributed by atoms with E-state index in [2.05, 4.69) is 5.32 Å². The van der Waals surface area contributed by atoms with Crippen molar-refractivity contribution >= 4 is 11.9 Å². The highest BCUT2D eigenvalue weighted by Crippen LogP contribution is 2.14. The summed E-state index contributed by atoms with van der Waals surface area (Å²) < 4.78 is 5.33. The van der Waals surface area contributed by atoms with Crippen molar-refractivity contribution in [3.63, 3.8) is 0 Å². The fourth-order valence-corrected chi connectivity index (χ4v) is 1.88. The van der Waals surface area contributed by atoms with Gasteiger partial charge in [-0.15, -0.1) is 0 Å². The molecular weight excluding hydrogens is 222 g/mol. The summed E-state index contributed by atoms with van der Waals surface area (Å²) >= 11 is 0. The predicted molar refractivity (Wildman–Crippen MR) is 62.6 cm³/mol. The molecule has 0 unspecified atom stereocenters. The van der Waals surface area contributed by atoms with Gasteiger partial charge in [-0.05, 0) is 25.2 Å². The predicted octanol–water partition coefficient (Wildman–Crippen LogP) is 1.17. The van der Waals surface area contributed by atoms with Crippen molar-refractivity contribution in [3.05, 3.63) is 0 Å². The summed E-state index contributed by atoms with van der Waals surface area (Å²) in [5.41, 5.74) is 0. The van der Waals surface area contributed by atoms with E-state index >= 15 is 0 Å². The lowest BCUT2D eigenvalue weighted by Gasteiger charge is -2.25. The molecule has 0 bridgehead atoms. The van der Waals surface area contributed by atoms with Gasteiger partial charge in [-0.25, -0.2) is 4.79 Å². The molecule has 1 amide bonds. The fraction of sp³-hybridized carbons (Fsp3) is 0.833. The van der Waals surface area contributed by atoms with Crippen LogP contribution in [0.1, 0.15) is 39.5 Å². The zero-order chi connectivity index (χ0) is 12.8. The van der Waals surface area contributed by atoms with Crippen molar-refractivity contribution in [2.45, 2.75) is 51.7 Å². The number of carbonyl (C=O) groups excluding carboxylic acids is 1. The maximum Gasteiger partial charge on any atom is 0.326 e. The van der Waals surface area contributed by atoms with Gasteiger partial charge in [0.05, 0.1) is 0 Å². The van der Waals surface area contributed by atoms with Gasteiger partial charge in [0.1, 0.15) is 12.1 Å². The summed E-state index contributed by atoms with van der Waals surface area (Å²) in [6, 6.07) is -0.821. The second-order valence-corrected chi connectivity index (χ2v) is 4.57. The van der Waals surface area contributed by atoms with Crippen LogP contribution in [-0.4, -0.2) is 35.7 Å². The molecule has 2 N–H and O–H groups in total. The van der Waals surface area contributed by atoms with Crippen molar-refractivity contribution < 1.29 is 19.4 Å². The molecule has 3 atom stereocenters. The van der Waals surface area contributed by atoms with Crippen LogP contribution in [0.3, 0.4) is 0 Å². The normalized spacial score (nSPS) is 23.8. The molecule has 0 spiro atoms. The Morgan fingerprint density at radius 2 is 2.18 bits per heavy atom. The Kier molecular flexibility index (Phi) is 5.41. The van der Waals surface area contributed by atoms with E-state index in [0.717, 1.165) is 12.8 Å². The molecule has 98 valence electrons. The maximum absolute atomic E-state index is 11.8. The van der Waals surface area contributed by atoms with Gasteiger partial charge in [0, 0.05) is 6.61 Å². The van der Waals surface area contributed by atoms with Crippen molar-refractivity contribution in [1.29, 1.82) is 0 Å². The SMILES string of the molecule is CC[C@H](C)[C@@H](NC(=O)[C@H]1CCCCO1)C(=O)O. The Morgan fingerprint density at radius 1 is 1.47 bits per heavy atom. The summed E-state index contributed by atoms with van der Waals surface area (Å²) in [6.45, 7) is 4.31. The molecule has 0 aromatic heterocycles. The van der Waals surface area contributed by atoms with Crippen LogP contribution in [-0.2, 0) is 14.3 Å². The topological polar surface area (TPSA) is 75.6 Å². The minimum Gasteiger partial charge on any atom is -0.480 e. The van der Waals surface area contributed by atoms with Crippen LogP contribution in [0.4, 0.5) is 0 Å². The van der Waals surface area contributed by atoms with Crippen LogP contribution in [0, 0.1) is 5.92 Å². The van der Waals surface area contributed by atoms with E-state index in [0.29, 0.717) is 19.4 Å². The van der Waals surface area contributed by atoms with Gasteiger partial charge >= 0.3 is 5.97 Å². The molecule has 5 nitrogen and oxygen atoms in total. The molecule has 0 aliphatic carbocycles. The number of nitrogens with one attached hydrogen (secondary N) is 1. The molecule has 0 radical (unpaired) electrons. The lowest BCUT2D eigenvalue weighted by Crippen LogP contribution is -2.49. The van der Waals surface area contributed by atoms with E-state index in [4.69, 9.17) is 9.84 Å².